The van der Waals surface area contributed by atoms with Crippen molar-refractivity contribution in [2.24, 2.45) is 0 Å². The summed E-state index contributed by atoms with van der Waals surface area (Å²) in [6.45, 7) is 4.59. The van der Waals surface area contributed by atoms with Crippen molar-refractivity contribution in [2.75, 3.05) is 59.9 Å². The van der Waals surface area contributed by atoms with Gasteiger partial charge in [0, 0.05) is 31.9 Å². The Morgan fingerprint density at radius 1 is 0.893 bits per heavy atom. The van der Waals surface area contributed by atoms with Crippen LogP contribution in [-0.2, 0) is 4.74 Å². The number of hydrogen-bond acceptors (Lipinski definition) is 8. The molecular formula is C18H24N8O2. The molecule has 0 atom stereocenters. The van der Waals surface area contributed by atoms with E-state index in [1.807, 2.05) is 30.3 Å². The normalized spacial score (nSPS) is 16.7. The molecule has 0 radical (unpaired) electrons. The molecule has 0 unspecified atom stereocenters. The highest BCUT2D eigenvalue weighted by atomic mass is 16.5. The van der Waals surface area contributed by atoms with Gasteiger partial charge in [-0.1, -0.05) is 18.2 Å². The third-order valence-corrected chi connectivity index (χ3v) is 4.61. The Kier molecular flexibility index (Phi) is 5.66. The van der Waals surface area contributed by atoms with Crippen molar-refractivity contribution in [3.05, 3.63) is 30.3 Å². The van der Waals surface area contributed by atoms with E-state index < -0.39 is 6.03 Å². The number of hydrazine groups is 1. The summed E-state index contributed by atoms with van der Waals surface area (Å²) in [4.78, 5) is 29.9. The lowest BCUT2D eigenvalue weighted by molar-refractivity contribution is 0.122. The van der Waals surface area contributed by atoms with Crippen LogP contribution in [0.15, 0.2) is 30.3 Å². The van der Waals surface area contributed by atoms with E-state index in [4.69, 9.17) is 4.74 Å². The Morgan fingerprint density at radius 3 is 2.21 bits per heavy atom. The lowest BCUT2D eigenvalue weighted by atomic mass is 10.3. The Hall–Kier alpha value is -3.14. The fraction of sp³-hybridized carbons (Fsp3) is 0.444. The van der Waals surface area contributed by atoms with Crippen LogP contribution in [0.1, 0.15) is 12.8 Å². The van der Waals surface area contributed by atoms with Gasteiger partial charge in [-0.05, 0) is 25.0 Å². The van der Waals surface area contributed by atoms with Gasteiger partial charge < -0.3 is 19.9 Å². The Morgan fingerprint density at radius 2 is 1.54 bits per heavy atom. The van der Waals surface area contributed by atoms with Crippen LogP contribution >= 0.6 is 0 Å². The molecule has 0 spiro atoms. The first kappa shape index (κ1) is 18.2. The maximum Gasteiger partial charge on any atom is 0.337 e. The first-order valence-corrected chi connectivity index (χ1v) is 9.50. The predicted molar refractivity (Wildman–Crippen MR) is 107 cm³/mol. The number of rotatable bonds is 5. The molecule has 148 valence electrons. The zero-order valence-corrected chi connectivity index (χ0v) is 15.6. The van der Waals surface area contributed by atoms with Gasteiger partial charge >= 0.3 is 6.03 Å². The molecule has 10 heteroatoms. The SMILES string of the molecule is O=C(NNc1nc(N2CCCC2)nc(N2CCOCC2)n1)Nc1ccccc1. The smallest absolute Gasteiger partial charge is 0.337 e. The van der Waals surface area contributed by atoms with E-state index in [1.165, 1.54) is 0 Å². The van der Waals surface area contributed by atoms with Gasteiger partial charge in [0.25, 0.3) is 0 Å². The van der Waals surface area contributed by atoms with Crippen LogP contribution in [0.2, 0.25) is 0 Å². The second kappa shape index (κ2) is 8.70. The van der Waals surface area contributed by atoms with Gasteiger partial charge in [-0.3, -0.25) is 5.43 Å². The Bertz CT molecular complexity index is 791. The number of ether oxygens (including phenoxy) is 1. The molecule has 1 aromatic carbocycles. The van der Waals surface area contributed by atoms with Crippen LogP contribution in [0.25, 0.3) is 0 Å². The molecule has 0 bridgehead atoms. The van der Waals surface area contributed by atoms with Gasteiger partial charge in [0.05, 0.1) is 13.2 Å². The van der Waals surface area contributed by atoms with Gasteiger partial charge in [-0.15, -0.1) is 0 Å². The van der Waals surface area contributed by atoms with Crippen molar-refractivity contribution in [3.63, 3.8) is 0 Å². The zero-order valence-electron chi connectivity index (χ0n) is 15.6. The summed E-state index contributed by atoms with van der Waals surface area (Å²) in [7, 11) is 0. The minimum Gasteiger partial charge on any atom is -0.378 e. The number of carbonyl (C=O) groups excluding carboxylic acids is 1. The van der Waals surface area contributed by atoms with E-state index in [-0.39, 0.29) is 0 Å². The van der Waals surface area contributed by atoms with Crippen molar-refractivity contribution >= 4 is 29.6 Å². The summed E-state index contributed by atoms with van der Waals surface area (Å²) in [5, 5.41) is 2.74. The van der Waals surface area contributed by atoms with Crippen LogP contribution in [0.3, 0.4) is 0 Å². The van der Waals surface area contributed by atoms with Gasteiger partial charge in [0.2, 0.25) is 17.8 Å². The number of anilines is 4. The largest absolute Gasteiger partial charge is 0.378 e. The number of hydrogen-bond donors (Lipinski definition) is 3. The highest BCUT2D eigenvalue weighted by Gasteiger charge is 2.21. The average Bonchev–Trinajstić information content (AvgIpc) is 3.28. The van der Waals surface area contributed by atoms with Crippen LogP contribution in [0, 0.1) is 0 Å². The molecule has 3 heterocycles. The molecule has 2 aliphatic rings. The quantitative estimate of drug-likeness (QED) is 0.665. The molecule has 10 nitrogen and oxygen atoms in total. The van der Waals surface area contributed by atoms with Crippen molar-refractivity contribution in [3.8, 4) is 0 Å². The van der Waals surface area contributed by atoms with Crippen LogP contribution in [0.5, 0.6) is 0 Å². The van der Waals surface area contributed by atoms with E-state index in [9.17, 15) is 4.79 Å². The molecule has 2 aliphatic heterocycles. The van der Waals surface area contributed by atoms with Gasteiger partial charge in [0.1, 0.15) is 0 Å². The highest BCUT2D eigenvalue weighted by Crippen LogP contribution is 2.20. The predicted octanol–water partition coefficient (Wildman–Crippen LogP) is 1.46. The minimum absolute atomic E-state index is 0.307. The van der Waals surface area contributed by atoms with Crippen molar-refractivity contribution in [1.82, 2.24) is 20.4 Å². The highest BCUT2D eigenvalue weighted by molar-refractivity contribution is 5.89. The molecule has 0 saturated carbocycles. The van der Waals surface area contributed by atoms with Crippen molar-refractivity contribution in [1.29, 1.82) is 0 Å². The van der Waals surface area contributed by atoms with Gasteiger partial charge in [0.15, 0.2) is 0 Å². The number of morpholine rings is 1. The Labute approximate surface area is 163 Å². The van der Waals surface area contributed by atoms with E-state index in [0.29, 0.717) is 36.7 Å². The fourth-order valence-corrected chi connectivity index (χ4v) is 3.17. The van der Waals surface area contributed by atoms with Crippen LogP contribution in [0.4, 0.5) is 28.3 Å². The molecule has 4 rings (SSSR count). The van der Waals surface area contributed by atoms with Crippen molar-refractivity contribution in [2.45, 2.75) is 12.8 Å². The van der Waals surface area contributed by atoms with E-state index in [0.717, 1.165) is 39.0 Å². The third-order valence-electron chi connectivity index (χ3n) is 4.61. The summed E-state index contributed by atoms with van der Waals surface area (Å²) in [5.74, 6) is 1.52. The maximum atomic E-state index is 12.1. The lowest BCUT2D eigenvalue weighted by Crippen LogP contribution is -2.39. The molecule has 28 heavy (non-hydrogen) atoms. The van der Waals surface area contributed by atoms with Crippen molar-refractivity contribution < 1.29 is 9.53 Å². The lowest BCUT2D eigenvalue weighted by Gasteiger charge is -2.28. The van der Waals surface area contributed by atoms with Crippen LogP contribution < -0.4 is 26.0 Å². The summed E-state index contributed by atoms with van der Waals surface area (Å²) < 4.78 is 5.41. The third kappa shape index (κ3) is 4.58. The number of urea groups is 1. The second-order valence-electron chi connectivity index (χ2n) is 6.62. The molecule has 2 amide bonds. The number of nitrogens with one attached hydrogen (secondary N) is 3. The molecule has 2 fully saturated rings. The van der Waals surface area contributed by atoms with E-state index in [1.54, 1.807) is 0 Å². The number of carbonyl (C=O) groups is 1. The second-order valence-corrected chi connectivity index (χ2v) is 6.62. The average molecular weight is 384 g/mol. The number of benzene rings is 1. The maximum absolute atomic E-state index is 12.1. The summed E-state index contributed by atoms with van der Waals surface area (Å²) >= 11 is 0. The monoisotopic (exact) mass is 384 g/mol. The first-order chi connectivity index (χ1) is 13.8. The number of amides is 2. The molecule has 2 saturated heterocycles. The molecule has 2 aromatic rings. The number of para-hydroxylation sites is 1. The zero-order chi connectivity index (χ0) is 19.2. The molecule has 1 aromatic heterocycles. The summed E-state index contributed by atoms with van der Waals surface area (Å²) in [5.41, 5.74) is 6.08. The van der Waals surface area contributed by atoms with Gasteiger partial charge in [-0.25, -0.2) is 10.2 Å². The topological polar surface area (TPSA) is 108 Å². The van der Waals surface area contributed by atoms with E-state index >= 15 is 0 Å². The molecule has 3 N–H and O–H groups in total. The molecular weight excluding hydrogens is 360 g/mol. The number of aromatic nitrogens is 3. The van der Waals surface area contributed by atoms with Gasteiger partial charge in [-0.2, -0.15) is 15.0 Å². The molecule has 0 aliphatic carbocycles. The Balaban J connectivity index is 1.46. The fourth-order valence-electron chi connectivity index (χ4n) is 3.17. The minimum atomic E-state index is -0.401. The first-order valence-electron chi connectivity index (χ1n) is 9.50. The summed E-state index contributed by atoms with van der Waals surface area (Å²) in [6.07, 6.45) is 2.25. The van der Waals surface area contributed by atoms with Crippen LogP contribution in [-0.4, -0.2) is 60.4 Å². The summed E-state index contributed by atoms with van der Waals surface area (Å²) in [6, 6.07) is 8.81. The van der Waals surface area contributed by atoms with E-state index in [2.05, 4.69) is 40.9 Å². The number of nitrogens with zero attached hydrogens (tertiary/aromatic N) is 5. The standard InChI is InChI=1S/C18H24N8O2/c27-18(19-14-6-2-1-3-7-14)24-23-15-20-16(25-8-4-5-9-25)22-17(21-15)26-10-12-28-13-11-26/h1-3,6-7H,4-5,8-13H2,(H2,19,24,27)(H,20,21,22,23).